The van der Waals surface area contributed by atoms with Crippen molar-refractivity contribution in [3.63, 3.8) is 0 Å². The molecule has 1 N–H and O–H groups in total. The Hall–Kier alpha value is -4.16. The fraction of sp³-hybridized carbons (Fsp3) is 0.0690. The van der Waals surface area contributed by atoms with Crippen molar-refractivity contribution in [1.82, 2.24) is 0 Å². The van der Waals surface area contributed by atoms with Crippen LogP contribution in [0.4, 0.5) is 5.69 Å². The molecule has 0 fully saturated rings. The van der Waals surface area contributed by atoms with Gasteiger partial charge in [-0.05, 0) is 87.0 Å². The maximum atomic E-state index is 12.6. The van der Waals surface area contributed by atoms with Crippen LogP contribution in [0.5, 0.6) is 5.75 Å². The molecule has 0 atom stereocenters. The van der Waals surface area contributed by atoms with Gasteiger partial charge < -0.3 is 14.8 Å². The Morgan fingerprint density at radius 3 is 2.47 bits per heavy atom. The lowest BCUT2D eigenvalue weighted by molar-refractivity contribution is -0.112. The van der Waals surface area contributed by atoms with Gasteiger partial charge in [-0.3, -0.25) is 4.79 Å². The summed E-state index contributed by atoms with van der Waals surface area (Å²) >= 11 is 2.18. The molecule has 1 amide bonds. The van der Waals surface area contributed by atoms with Crippen molar-refractivity contribution in [2.24, 2.45) is 0 Å². The minimum Gasteiger partial charge on any atom is -0.488 e. The molecule has 178 valence electrons. The van der Waals surface area contributed by atoms with Crippen molar-refractivity contribution in [1.29, 1.82) is 5.26 Å². The third-order valence-electron chi connectivity index (χ3n) is 5.46. The van der Waals surface area contributed by atoms with Crippen LogP contribution in [-0.2, 0) is 16.1 Å². The van der Waals surface area contributed by atoms with E-state index in [-0.39, 0.29) is 5.57 Å². The number of anilines is 1. The van der Waals surface area contributed by atoms with Crippen LogP contribution in [0.3, 0.4) is 0 Å². The number of fused-ring (bicyclic) bond motifs is 1. The Labute approximate surface area is 222 Å². The zero-order valence-electron chi connectivity index (χ0n) is 19.3. The molecule has 4 aromatic carbocycles. The van der Waals surface area contributed by atoms with Crippen molar-refractivity contribution in [2.45, 2.75) is 6.61 Å². The molecule has 0 unspecified atom stereocenters. The number of nitrogens with zero attached hydrogens (tertiary/aromatic N) is 1. The van der Waals surface area contributed by atoms with Gasteiger partial charge in [-0.1, -0.05) is 48.5 Å². The third kappa shape index (κ3) is 5.90. The molecule has 4 rings (SSSR count). The fourth-order valence-corrected chi connectivity index (χ4v) is 4.31. The summed E-state index contributed by atoms with van der Waals surface area (Å²) in [7, 11) is 1.30. The first kappa shape index (κ1) is 24.9. The van der Waals surface area contributed by atoms with E-state index in [9.17, 15) is 14.9 Å². The van der Waals surface area contributed by atoms with E-state index in [1.165, 1.54) is 25.3 Å². The number of rotatable bonds is 7. The number of hydrogen-bond acceptors (Lipinski definition) is 5. The molecule has 0 radical (unpaired) electrons. The van der Waals surface area contributed by atoms with Gasteiger partial charge in [0.25, 0.3) is 5.91 Å². The van der Waals surface area contributed by atoms with Gasteiger partial charge in [-0.15, -0.1) is 0 Å². The molecule has 0 aliphatic carbocycles. The first-order valence-corrected chi connectivity index (χ1v) is 12.1. The van der Waals surface area contributed by atoms with E-state index in [0.717, 1.165) is 19.9 Å². The van der Waals surface area contributed by atoms with Gasteiger partial charge in [0.2, 0.25) is 0 Å². The second-order valence-corrected chi connectivity index (χ2v) is 8.97. The first-order chi connectivity index (χ1) is 17.5. The Bertz CT molecular complexity index is 1500. The molecule has 4 aromatic rings. The van der Waals surface area contributed by atoms with E-state index in [2.05, 4.69) is 50.8 Å². The van der Waals surface area contributed by atoms with Gasteiger partial charge in [0.15, 0.2) is 0 Å². The normalized spacial score (nSPS) is 11.0. The molecule has 0 saturated carbocycles. The smallest absolute Gasteiger partial charge is 0.337 e. The molecular formula is C29H21IN2O4. The average molecular weight is 588 g/mol. The maximum Gasteiger partial charge on any atom is 0.337 e. The number of methoxy groups -OCH3 is 1. The number of esters is 1. The maximum absolute atomic E-state index is 12.6. The van der Waals surface area contributed by atoms with Crippen LogP contribution in [0.1, 0.15) is 21.5 Å². The van der Waals surface area contributed by atoms with Crippen LogP contribution in [0.25, 0.3) is 16.8 Å². The Balaban J connectivity index is 1.45. The quantitative estimate of drug-likeness (QED) is 0.118. The molecule has 0 aromatic heterocycles. The largest absolute Gasteiger partial charge is 0.488 e. The van der Waals surface area contributed by atoms with Crippen molar-refractivity contribution < 1.29 is 19.1 Å². The summed E-state index contributed by atoms with van der Waals surface area (Å²) in [5, 5.41) is 14.5. The number of nitriles is 1. The van der Waals surface area contributed by atoms with Crippen LogP contribution in [0.2, 0.25) is 0 Å². The van der Waals surface area contributed by atoms with Gasteiger partial charge in [0, 0.05) is 5.69 Å². The first-order valence-electron chi connectivity index (χ1n) is 11.0. The SMILES string of the molecule is COC(=O)c1ccc(NC(=O)/C(C#N)=C/c2ccc(OCc3cccc4ccccc34)c(I)c2)cc1. The van der Waals surface area contributed by atoms with Gasteiger partial charge in [-0.25, -0.2) is 4.79 Å². The van der Waals surface area contributed by atoms with E-state index in [4.69, 9.17) is 4.74 Å². The summed E-state index contributed by atoms with van der Waals surface area (Å²) < 4.78 is 11.6. The Morgan fingerprint density at radius 2 is 1.75 bits per heavy atom. The van der Waals surface area contributed by atoms with Crippen molar-refractivity contribution >= 4 is 57.0 Å². The lowest BCUT2D eigenvalue weighted by Crippen LogP contribution is -2.13. The summed E-state index contributed by atoms with van der Waals surface area (Å²) in [4.78, 5) is 24.2. The minimum atomic E-state index is -0.547. The van der Waals surface area contributed by atoms with Crippen LogP contribution < -0.4 is 10.1 Å². The van der Waals surface area contributed by atoms with Crippen LogP contribution in [0, 0.1) is 14.9 Å². The molecule has 0 aliphatic heterocycles. The van der Waals surface area contributed by atoms with Crippen LogP contribution in [0.15, 0.2) is 90.5 Å². The summed E-state index contributed by atoms with van der Waals surface area (Å²) in [5.41, 5.74) is 2.57. The van der Waals surface area contributed by atoms with Crippen molar-refractivity contribution in [2.75, 3.05) is 12.4 Å². The van der Waals surface area contributed by atoms with Gasteiger partial charge in [0.1, 0.15) is 24.0 Å². The summed E-state index contributed by atoms with van der Waals surface area (Å²) in [5.74, 6) is -0.298. The number of hydrogen-bond donors (Lipinski definition) is 1. The molecule has 0 spiro atoms. The highest BCUT2D eigenvalue weighted by atomic mass is 127. The van der Waals surface area contributed by atoms with E-state index < -0.39 is 11.9 Å². The molecule has 0 saturated heterocycles. The van der Waals surface area contributed by atoms with Crippen molar-refractivity contribution in [3.8, 4) is 11.8 Å². The van der Waals surface area contributed by atoms with E-state index in [1.807, 2.05) is 42.5 Å². The number of benzene rings is 4. The summed E-state index contributed by atoms with van der Waals surface area (Å²) in [6, 6.07) is 28.0. The standard InChI is InChI=1S/C29H21IN2O4/c1-35-29(34)21-10-12-24(13-11-21)32-28(33)23(17-31)15-19-9-14-27(26(30)16-19)36-18-22-7-4-6-20-5-2-3-8-25(20)22/h2-16H,18H2,1H3,(H,32,33)/b23-15+. The second kappa shape index (κ2) is 11.5. The highest BCUT2D eigenvalue weighted by Gasteiger charge is 2.12. The van der Waals surface area contributed by atoms with E-state index >= 15 is 0 Å². The lowest BCUT2D eigenvalue weighted by Gasteiger charge is -2.11. The fourth-order valence-electron chi connectivity index (χ4n) is 3.62. The number of amides is 1. The zero-order chi connectivity index (χ0) is 25.5. The topological polar surface area (TPSA) is 88.4 Å². The number of ether oxygens (including phenoxy) is 2. The third-order valence-corrected chi connectivity index (χ3v) is 6.30. The highest BCUT2D eigenvalue weighted by molar-refractivity contribution is 14.1. The highest BCUT2D eigenvalue weighted by Crippen LogP contribution is 2.26. The van der Waals surface area contributed by atoms with Crippen LogP contribution in [-0.4, -0.2) is 19.0 Å². The molecule has 7 heteroatoms. The molecule has 0 aliphatic rings. The predicted molar refractivity (Wildman–Crippen MR) is 147 cm³/mol. The number of carbonyl (C=O) groups excluding carboxylic acids is 2. The van der Waals surface area contributed by atoms with Gasteiger partial charge >= 0.3 is 5.97 Å². The zero-order valence-corrected chi connectivity index (χ0v) is 21.5. The Kier molecular flexibility index (Phi) is 7.98. The lowest BCUT2D eigenvalue weighted by atomic mass is 10.1. The molecule has 0 bridgehead atoms. The second-order valence-electron chi connectivity index (χ2n) is 7.81. The monoisotopic (exact) mass is 588 g/mol. The predicted octanol–water partition coefficient (Wildman–Crippen LogP) is 6.36. The molecule has 0 heterocycles. The van der Waals surface area contributed by atoms with Gasteiger partial charge in [0.05, 0.1) is 16.2 Å². The van der Waals surface area contributed by atoms with Crippen LogP contribution >= 0.6 is 22.6 Å². The molecular weight excluding hydrogens is 567 g/mol. The number of halogens is 1. The van der Waals surface area contributed by atoms with Gasteiger partial charge in [-0.2, -0.15) is 5.26 Å². The van der Waals surface area contributed by atoms with Crippen molar-refractivity contribution in [3.05, 3.63) is 111 Å². The average Bonchev–Trinajstić information content (AvgIpc) is 2.91. The number of carbonyl (C=O) groups is 2. The number of nitrogens with one attached hydrogen (secondary N) is 1. The minimum absolute atomic E-state index is 0.0488. The molecule has 6 nitrogen and oxygen atoms in total. The molecule has 36 heavy (non-hydrogen) atoms. The summed E-state index contributed by atoms with van der Waals surface area (Å²) in [6.45, 7) is 0.424. The summed E-state index contributed by atoms with van der Waals surface area (Å²) in [6.07, 6.45) is 1.52. The Morgan fingerprint density at radius 1 is 1.00 bits per heavy atom. The van der Waals surface area contributed by atoms with E-state index in [0.29, 0.717) is 29.2 Å². The van der Waals surface area contributed by atoms with E-state index in [1.54, 1.807) is 18.2 Å².